The lowest BCUT2D eigenvalue weighted by Crippen LogP contribution is -2.02. The molecule has 0 spiro atoms. The number of methoxy groups -OCH3 is 1. The highest BCUT2D eigenvalue weighted by Crippen LogP contribution is 2.32. The van der Waals surface area contributed by atoms with Gasteiger partial charge in [0.25, 0.3) is 0 Å². The van der Waals surface area contributed by atoms with Gasteiger partial charge in [0, 0.05) is 23.3 Å². The molecule has 0 saturated heterocycles. The Balaban J connectivity index is 2.16. The first-order valence-electron chi connectivity index (χ1n) is 8.19. The lowest BCUT2D eigenvalue weighted by molar-refractivity contribution is -0.0498. The van der Waals surface area contributed by atoms with E-state index in [0.717, 1.165) is 16.5 Å². The summed E-state index contributed by atoms with van der Waals surface area (Å²) < 4.78 is 36.2. The van der Waals surface area contributed by atoms with Gasteiger partial charge in [0.15, 0.2) is 0 Å². The van der Waals surface area contributed by atoms with Gasteiger partial charge in [-0.25, -0.2) is 4.79 Å². The summed E-state index contributed by atoms with van der Waals surface area (Å²) in [6.07, 6.45) is 1.96. The molecule has 0 aliphatic rings. The highest BCUT2D eigenvalue weighted by molar-refractivity contribution is 5.96. The van der Waals surface area contributed by atoms with E-state index in [-0.39, 0.29) is 11.7 Å². The molecule has 0 unspecified atom stereocenters. The van der Waals surface area contributed by atoms with E-state index in [0.29, 0.717) is 11.3 Å². The number of carbonyl (C=O) groups is 1. The van der Waals surface area contributed by atoms with Gasteiger partial charge in [0.1, 0.15) is 5.75 Å². The van der Waals surface area contributed by atoms with Crippen LogP contribution in [-0.2, 0) is 4.74 Å². The van der Waals surface area contributed by atoms with Gasteiger partial charge in [-0.15, -0.1) is 0 Å². The molecule has 6 heteroatoms. The summed E-state index contributed by atoms with van der Waals surface area (Å²) >= 11 is 0. The molecular formula is C20H19F2NO3. The number of ether oxygens (including phenoxy) is 2. The zero-order valence-electron chi connectivity index (χ0n) is 14.7. The van der Waals surface area contributed by atoms with Gasteiger partial charge >= 0.3 is 12.6 Å². The Morgan fingerprint density at radius 1 is 1.12 bits per heavy atom. The van der Waals surface area contributed by atoms with Crippen LogP contribution in [0.4, 0.5) is 8.78 Å². The average molecular weight is 359 g/mol. The number of halogens is 2. The number of carbonyl (C=O) groups excluding carboxylic acids is 1. The number of rotatable bonds is 5. The number of esters is 1. The van der Waals surface area contributed by atoms with Crippen LogP contribution in [0.3, 0.4) is 0 Å². The van der Waals surface area contributed by atoms with Gasteiger partial charge in [-0.05, 0) is 41.8 Å². The maximum Gasteiger partial charge on any atom is 0.387 e. The number of hydrogen-bond acceptors (Lipinski definition) is 3. The number of hydrogen-bond donors (Lipinski definition) is 0. The second kappa shape index (κ2) is 7.15. The molecule has 0 fully saturated rings. The summed E-state index contributed by atoms with van der Waals surface area (Å²) in [6.45, 7) is 1.24. The predicted octanol–water partition coefficient (Wildman–Crippen LogP) is 5.14. The van der Waals surface area contributed by atoms with Crippen molar-refractivity contribution in [2.75, 3.05) is 7.11 Å². The maximum absolute atomic E-state index is 12.5. The van der Waals surface area contributed by atoms with Gasteiger partial charge in [-0.2, -0.15) is 8.78 Å². The monoisotopic (exact) mass is 359 g/mol. The largest absolute Gasteiger partial charge is 0.465 e. The molecule has 1 heterocycles. The van der Waals surface area contributed by atoms with E-state index < -0.39 is 12.6 Å². The molecule has 26 heavy (non-hydrogen) atoms. The van der Waals surface area contributed by atoms with E-state index in [9.17, 15) is 13.6 Å². The molecule has 136 valence electrons. The van der Waals surface area contributed by atoms with Crippen LogP contribution in [0, 0.1) is 0 Å². The molecule has 2 aromatic carbocycles. The van der Waals surface area contributed by atoms with Gasteiger partial charge in [-0.1, -0.05) is 19.9 Å². The number of benzene rings is 2. The summed E-state index contributed by atoms with van der Waals surface area (Å²) in [5.41, 5.74) is 3.08. The second-order valence-corrected chi connectivity index (χ2v) is 6.21. The average Bonchev–Trinajstić information content (AvgIpc) is 2.99. The maximum atomic E-state index is 12.5. The molecule has 4 nitrogen and oxygen atoms in total. The summed E-state index contributed by atoms with van der Waals surface area (Å²) in [5.74, 6) is -0.0922. The number of alkyl halides is 2. The fourth-order valence-electron chi connectivity index (χ4n) is 2.98. The number of aromatic nitrogens is 1. The van der Waals surface area contributed by atoms with Crippen molar-refractivity contribution in [3.63, 3.8) is 0 Å². The Labute approximate surface area is 149 Å². The van der Waals surface area contributed by atoms with Gasteiger partial charge in [0.2, 0.25) is 0 Å². The molecule has 0 N–H and O–H groups in total. The highest BCUT2D eigenvalue weighted by atomic mass is 19.3. The van der Waals surface area contributed by atoms with E-state index in [1.807, 2.05) is 22.9 Å². The first-order valence-corrected chi connectivity index (χ1v) is 8.19. The van der Waals surface area contributed by atoms with Crippen LogP contribution in [-0.4, -0.2) is 24.3 Å². The lowest BCUT2D eigenvalue weighted by atomic mass is 10.0. The highest BCUT2D eigenvalue weighted by Gasteiger charge is 2.16. The normalized spacial score (nSPS) is 11.3. The van der Waals surface area contributed by atoms with Crippen molar-refractivity contribution in [2.45, 2.75) is 26.4 Å². The van der Waals surface area contributed by atoms with Crippen LogP contribution in [0.15, 0.2) is 48.7 Å². The van der Waals surface area contributed by atoms with Crippen LogP contribution in [0.5, 0.6) is 5.75 Å². The van der Waals surface area contributed by atoms with E-state index in [2.05, 4.69) is 18.6 Å². The zero-order valence-corrected chi connectivity index (χ0v) is 14.7. The molecule has 0 aliphatic carbocycles. The fourth-order valence-corrected chi connectivity index (χ4v) is 2.98. The van der Waals surface area contributed by atoms with Crippen molar-refractivity contribution in [1.29, 1.82) is 0 Å². The van der Waals surface area contributed by atoms with Crippen LogP contribution >= 0.6 is 0 Å². The standard InChI is InChI=1S/C20H19F2NO3/c1-12(2)17-11-23(14-5-4-6-15(10-14)26-20(21)22)18-8-7-13(9-16(17)18)19(24)25-3/h4-12,20H,1-3H3. The van der Waals surface area contributed by atoms with E-state index in [1.54, 1.807) is 24.3 Å². The van der Waals surface area contributed by atoms with Gasteiger partial charge in [0.05, 0.1) is 18.2 Å². The fraction of sp³-hybridized carbons (Fsp3) is 0.250. The van der Waals surface area contributed by atoms with Crippen molar-refractivity contribution in [1.82, 2.24) is 4.57 Å². The second-order valence-electron chi connectivity index (χ2n) is 6.21. The number of fused-ring (bicyclic) bond motifs is 1. The van der Waals surface area contributed by atoms with E-state index >= 15 is 0 Å². The first-order chi connectivity index (χ1) is 12.4. The number of nitrogens with zero attached hydrogens (tertiary/aromatic N) is 1. The van der Waals surface area contributed by atoms with Crippen LogP contribution < -0.4 is 4.74 Å². The Hall–Kier alpha value is -2.89. The quantitative estimate of drug-likeness (QED) is 0.592. The van der Waals surface area contributed by atoms with Gasteiger partial charge in [-0.3, -0.25) is 0 Å². The Kier molecular flexibility index (Phi) is 4.93. The summed E-state index contributed by atoms with van der Waals surface area (Å²) in [7, 11) is 1.34. The Morgan fingerprint density at radius 2 is 1.88 bits per heavy atom. The lowest BCUT2D eigenvalue weighted by Gasteiger charge is -2.09. The summed E-state index contributed by atoms with van der Waals surface area (Å²) in [6, 6.07) is 11.8. The van der Waals surface area contributed by atoms with Crippen molar-refractivity contribution < 1.29 is 23.0 Å². The van der Waals surface area contributed by atoms with Crippen LogP contribution in [0.1, 0.15) is 35.7 Å². The minimum atomic E-state index is -2.87. The third-order valence-corrected chi connectivity index (χ3v) is 4.20. The zero-order chi connectivity index (χ0) is 18.8. The van der Waals surface area contributed by atoms with Gasteiger partial charge < -0.3 is 14.0 Å². The SMILES string of the molecule is COC(=O)c1ccc2c(c1)c(C(C)C)cn2-c1cccc(OC(F)F)c1. The first kappa shape index (κ1) is 17.9. The van der Waals surface area contributed by atoms with Crippen molar-refractivity contribution in [3.8, 4) is 11.4 Å². The van der Waals surface area contributed by atoms with E-state index in [1.165, 1.54) is 13.2 Å². The summed E-state index contributed by atoms with van der Waals surface area (Å²) in [5, 5.41) is 0.920. The molecule has 3 rings (SSSR count). The third kappa shape index (κ3) is 3.40. The Bertz CT molecular complexity index is 947. The molecule has 0 atom stereocenters. The van der Waals surface area contributed by atoms with Crippen LogP contribution in [0.2, 0.25) is 0 Å². The Morgan fingerprint density at radius 3 is 2.54 bits per heavy atom. The van der Waals surface area contributed by atoms with Crippen molar-refractivity contribution >= 4 is 16.9 Å². The molecule has 0 saturated carbocycles. The molecule has 0 aliphatic heterocycles. The minimum absolute atomic E-state index is 0.0941. The smallest absolute Gasteiger partial charge is 0.387 e. The molecule has 0 amide bonds. The van der Waals surface area contributed by atoms with Crippen molar-refractivity contribution in [3.05, 3.63) is 59.8 Å². The van der Waals surface area contributed by atoms with Crippen LogP contribution in [0.25, 0.3) is 16.6 Å². The molecular weight excluding hydrogens is 340 g/mol. The molecule has 0 bridgehead atoms. The summed E-state index contributed by atoms with van der Waals surface area (Å²) in [4.78, 5) is 11.8. The third-order valence-electron chi connectivity index (χ3n) is 4.20. The molecule has 0 radical (unpaired) electrons. The molecule has 3 aromatic rings. The van der Waals surface area contributed by atoms with E-state index in [4.69, 9.17) is 4.74 Å². The topological polar surface area (TPSA) is 40.5 Å². The minimum Gasteiger partial charge on any atom is -0.465 e. The predicted molar refractivity (Wildman–Crippen MR) is 95.3 cm³/mol. The molecule has 1 aromatic heterocycles. The van der Waals surface area contributed by atoms with Crippen molar-refractivity contribution in [2.24, 2.45) is 0 Å².